The Morgan fingerprint density at radius 3 is 1.80 bits per heavy atom. The van der Waals surface area contributed by atoms with Crippen LogP contribution in [0.15, 0.2) is 0 Å². The normalized spacial score (nSPS) is 17.3. The summed E-state index contributed by atoms with van der Waals surface area (Å²) in [5, 5.41) is 9.14. The molecule has 0 amide bonds. The lowest BCUT2D eigenvalue weighted by molar-refractivity contribution is -0.212. The summed E-state index contributed by atoms with van der Waals surface area (Å²) < 4.78 is 71.2. The number of hydrogen-bond donors (Lipinski definition) is 2. The third-order valence-electron chi connectivity index (χ3n) is 1.64. The summed E-state index contributed by atoms with van der Waals surface area (Å²) in [5.74, 6) is -2.42. The van der Waals surface area contributed by atoms with Crippen molar-refractivity contribution in [2.45, 2.75) is 24.8 Å². The van der Waals surface area contributed by atoms with E-state index in [0.29, 0.717) is 0 Å². The molecule has 15 heavy (non-hydrogen) atoms. The number of aliphatic carboxylic acids is 1. The van der Waals surface area contributed by atoms with Crippen molar-refractivity contribution < 1.29 is 36.2 Å². The van der Waals surface area contributed by atoms with Crippen molar-refractivity contribution in [3.63, 3.8) is 0 Å². The molecule has 0 spiro atoms. The van der Waals surface area contributed by atoms with E-state index < -0.39 is 30.4 Å². The smallest absolute Gasteiger partial charge is 0.417 e. The van der Waals surface area contributed by atoms with E-state index in [2.05, 4.69) is 0 Å². The van der Waals surface area contributed by atoms with Crippen molar-refractivity contribution >= 4 is 5.97 Å². The van der Waals surface area contributed by atoms with Gasteiger partial charge in [-0.05, 0) is 6.92 Å². The van der Waals surface area contributed by atoms with Gasteiger partial charge >= 0.3 is 18.3 Å². The van der Waals surface area contributed by atoms with E-state index in [1.807, 2.05) is 0 Å². The first-order valence-electron chi connectivity index (χ1n) is 3.52. The largest absolute Gasteiger partial charge is 0.480 e. The third kappa shape index (κ3) is 3.57. The summed E-state index contributed by atoms with van der Waals surface area (Å²) in [4.78, 5) is 10.2. The van der Waals surface area contributed by atoms with Crippen LogP contribution in [0, 0.1) is 0 Å². The number of carboxylic acids is 1. The van der Waals surface area contributed by atoms with E-state index >= 15 is 0 Å². The van der Waals surface area contributed by atoms with Crippen LogP contribution < -0.4 is 5.32 Å². The van der Waals surface area contributed by atoms with Gasteiger partial charge in [-0.3, -0.25) is 5.32 Å². The Balaban J connectivity index is 4.78. The minimum atomic E-state index is -5.32. The lowest BCUT2D eigenvalue weighted by Gasteiger charge is -2.29. The summed E-state index contributed by atoms with van der Waals surface area (Å²) in [5.41, 5.74) is -3.61. The first-order valence-corrected chi connectivity index (χ1v) is 3.52. The van der Waals surface area contributed by atoms with Gasteiger partial charge < -0.3 is 5.11 Å². The third-order valence-corrected chi connectivity index (χ3v) is 1.64. The fraction of sp³-hybridized carbons (Fsp3) is 0.833. The van der Waals surface area contributed by atoms with Gasteiger partial charge in [0.05, 0.1) is 6.54 Å². The Hall–Kier alpha value is -0.990. The van der Waals surface area contributed by atoms with Gasteiger partial charge in [0, 0.05) is 0 Å². The monoisotopic (exact) mass is 239 g/mol. The molecule has 0 saturated heterocycles. The minimum absolute atomic E-state index is 0.126. The van der Waals surface area contributed by atoms with Crippen LogP contribution in [-0.4, -0.2) is 35.5 Å². The fourth-order valence-corrected chi connectivity index (χ4v) is 0.574. The summed E-state index contributed by atoms with van der Waals surface area (Å²) >= 11 is 0. The van der Waals surface area contributed by atoms with Crippen molar-refractivity contribution in [3.05, 3.63) is 0 Å². The van der Waals surface area contributed by atoms with Crippen LogP contribution >= 0.6 is 0 Å². The zero-order chi connectivity index (χ0) is 12.5. The molecule has 3 nitrogen and oxygen atoms in total. The van der Waals surface area contributed by atoms with Crippen LogP contribution in [0.4, 0.5) is 26.3 Å². The average molecular weight is 239 g/mol. The summed E-state index contributed by atoms with van der Waals surface area (Å²) in [7, 11) is 0. The molecule has 0 saturated carbocycles. The summed E-state index contributed by atoms with van der Waals surface area (Å²) in [6, 6.07) is 0. The number of carboxylic acid groups (broad SMARTS) is 1. The molecule has 0 aromatic carbocycles. The summed E-state index contributed by atoms with van der Waals surface area (Å²) in [6.45, 7) is -1.91. The van der Waals surface area contributed by atoms with E-state index in [9.17, 15) is 31.1 Å². The predicted octanol–water partition coefficient (Wildman–Crippen LogP) is 1.54. The maximum Gasteiger partial charge on any atom is 0.417 e. The summed E-state index contributed by atoms with van der Waals surface area (Å²) in [6.07, 6.45) is -10.2. The highest BCUT2D eigenvalue weighted by Gasteiger charge is 2.58. The fourth-order valence-electron chi connectivity index (χ4n) is 0.574. The molecule has 0 bridgehead atoms. The number of halogens is 6. The van der Waals surface area contributed by atoms with E-state index in [0.717, 1.165) is 5.32 Å². The van der Waals surface area contributed by atoms with Gasteiger partial charge in [0.25, 0.3) is 0 Å². The van der Waals surface area contributed by atoms with Crippen LogP contribution in [0.3, 0.4) is 0 Å². The molecule has 0 aliphatic carbocycles. The van der Waals surface area contributed by atoms with Crippen molar-refractivity contribution in [2.75, 3.05) is 6.54 Å². The van der Waals surface area contributed by atoms with Crippen molar-refractivity contribution in [2.24, 2.45) is 0 Å². The maximum atomic E-state index is 12.1. The van der Waals surface area contributed by atoms with Crippen molar-refractivity contribution in [1.82, 2.24) is 5.32 Å². The molecule has 0 heterocycles. The van der Waals surface area contributed by atoms with Crippen molar-refractivity contribution in [3.8, 4) is 0 Å². The first kappa shape index (κ1) is 14.0. The van der Waals surface area contributed by atoms with Gasteiger partial charge in [-0.15, -0.1) is 0 Å². The standard InChI is InChI=1S/C6H7F6NO2/c1-4(3(14)15,6(10,11)12)13-2-5(7,8)9/h13H,2H2,1H3,(H,14,15). The van der Waals surface area contributed by atoms with Crippen molar-refractivity contribution in [1.29, 1.82) is 0 Å². The van der Waals surface area contributed by atoms with Gasteiger partial charge in [0.2, 0.25) is 5.54 Å². The molecule has 0 aliphatic heterocycles. The molecule has 0 aliphatic rings. The number of rotatable bonds is 3. The molecule has 0 fully saturated rings. The minimum Gasteiger partial charge on any atom is -0.480 e. The highest BCUT2D eigenvalue weighted by atomic mass is 19.4. The molecule has 0 aromatic rings. The second-order valence-electron chi connectivity index (χ2n) is 2.90. The Morgan fingerprint density at radius 2 is 1.60 bits per heavy atom. The van der Waals surface area contributed by atoms with Crippen LogP contribution in [0.2, 0.25) is 0 Å². The molecule has 2 N–H and O–H groups in total. The van der Waals surface area contributed by atoms with Gasteiger partial charge in [-0.1, -0.05) is 0 Å². The number of alkyl halides is 6. The molecular weight excluding hydrogens is 232 g/mol. The van der Waals surface area contributed by atoms with Crippen LogP contribution in [0.25, 0.3) is 0 Å². The highest BCUT2D eigenvalue weighted by Crippen LogP contribution is 2.31. The molecule has 0 radical (unpaired) electrons. The molecular formula is C6H7F6NO2. The molecule has 0 aromatic heterocycles. The zero-order valence-electron chi connectivity index (χ0n) is 7.33. The lowest BCUT2D eigenvalue weighted by Crippen LogP contribution is -2.61. The SMILES string of the molecule is CC(NCC(F)(F)F)(C(=O)O)C(F)(F)F. The first-order chi connectivity index (χ1) is 6.40. The average Bonchev–Trinajstić information content (AvgIpc) is 1.95. The Kier molecular flexibility index (Phi) is 3.62. The number of carbonyl (C=O) groups is 1. The molecule has 1 atom stereocenters. The van der Waals surface area contributed by atoms with Crippen LogP contribution in [-0.2, 0) is 4.79 Å². The van der Waals surface area contributed by atoms with E-state index in [-0.39, 0.29) is 6.92 Å². The second-order valence-corrected chi connectivity index (χ2v) is 2.90. The number of hydrogen-bond acceptors (Lipinski definition) is 2. The highest BCUT2D eigenvalue weighted by molar-refractivity contribution is 5.79. The van der Waals surface area contributed by atoms with Gasteiger partial charge in [0.15, 0.2) is 0 Å². The molecule has 90 valence electrons. The number of nitrogens with one attached hydrogen (secondary N) is 1. The predicted molar refractivity (Wildman–Crippen MR) is 36.2 cm³/mol. The Bertz CT molecular complexity index is 247. The second kappa shape index (κ2) is 3.87. The van der Waals surface area contributed by atoms with Gasteiger partial charge in [0.1, 0.15) is 0 Å². The maximum absolute atomic E-state index is 12.1. The quantitative estimate of drug-likeness (QED) is 0.734. The molecule has 1 unspecified atom stereocenters. The van der Waals surface area contributed by atoms with E-state index in [1.54, 1.807) is 0 Å². The van der Waals surface area contributed by atoms with Gasteiger partial charge in [-0.2, -0.15) is 26.3 Å². The zero-order valence-corrected chi connectivity index (χ0v) is 7.33. The van der Waals surface area contributed by atoms with Crippen LogP contribution in [0.1, 0.15) is 6.92 Å². The van der Waals surface area contributed by atoms with Gasteiger partial charge in [-0.25, -0.2) is 4.79 Å². The topological polar surface area (TPSA) is 49.3 Å². The van der Waals surface area contributed by atoms with Crippen LogP contribution in [0.5, 0.6) is 0 Å². The Morgan fingerprint density at radius 1 is 1.20 bits per heavy atom. The molecule has 9 heteroatoms. The van der Waals surface area contributed by atoms with E-state index in [1.165, 1.54) is 0 Å². The lowest BCUT2D eigenvalue weighted by atomic mass is 10.0. The molecule has 0 rings (SSSR count). The Labute approximate surface area is 80.1 Å². The van der Waals surface area contributed by atoms with E-state index in [4.69, 9.17) is 5.11 Å².